The van der Waals surface area contributed by atoms with E-state index in [2.05, 4.69) is 0 Å². The van der Waals surface area contributed by atoms with Crippen LogP contribution in [0.2, 0.25) is 0 Å². The topological polar surface area (TPSA) is 130 Å². The lowest BCUT2D eigenvalue weighted by Gasteiger charge is -2.62. The van der Waals surface area contributed by atoms with E-state index in [4.69, 9.17) is 9.47 Å². The summed E-state index contributed by atoms with van der Waals surface area (Å²) in [4.78, 5) is 40.5. The van der Waals surface area contributed by atoms with E-state index >= 15 is 0 Å². The van der Waals surface area contributed by atoms with Gasteiger partial charge < -0.3 is 24.8 Å². The fraction of sp³-hybridized carbons (Fsp3) is 0.919. The van der Waals surface area contributed by atoms with Crippen LogP contribution in [0.3, 0.4) is 0 Å². The summed E-state index contributed by atoms with van der Waals surface area (Å²) in [6.45, 7) is 0.524. The van der Waals surface area contributed by atoms with Crippen LogP contribution in [0.25, 0.3) is 0 Å². The zero-order valence-corrected chi connectivity index (χ0v) is 29.0. The number of aliphatic carboxylic acids is 1. The molecule has 13 rings (SSSR count). The Morgan fingerprint density at radius 2 is 0.957 bits per heavy atom. The van der Waals surface area contributed by atoms with E-state index in [0.717, 1.165) is 83.5 Å². The summed E-state index contributed by atoms with van der Waals surface area (Å²) in [7, 11) is 0. The van der Waals surface area contributed by atoms with Crippen LogP contribution in [0.4, 0.5) is 0 Å². The van der Waals surface area contributed by atoms with Crippen molar-refractivity contribution < 1.29 is 39.2 Å². The molecule has 12 saturated carbocycles. The Balaban J connectivity index is 0.889. The highest BCUT2D eigenvalue weighted by Gasteiger charge is 2.69. The molecule has 12 aliphatic carbocycles. The van der Waals surface area contributed by atoms with Gasteiger partial charge in [-0.05, 0) is 151 Å². The molecular formula is C37H50O8S2. The Morgan fingerprint density at radius 1 is 0.553 bits per heavy atom. The van der Waals surface area contributed by atoms with E-state index in [1.807, 2.05) is 23.5 Å². The maximum atomic E-state index is 14.0. The highest BCUT2D eigenvalue weighted by Crippen LogP contribution is 2.74. The minimum atomic E-state index is -0.729. The Morgan fingerprint density at radius 3 is 1.34 bits per heavy atom. The molecule has 258 valence electrons. The summed E-state index contributed by atoms with van der Waals surface area (Å²) < 4.78 is 12.5. The Kier molecular flexibility index (Phi) is 6.47. The first-order chi connectivity index (χ1) is 22.3. The van der Waals surface area contributed by atoms with Crippen LogP contribution in [0.15, 0.2) is 0 Å². The van der Waals surface area contributed by atoms with Crippen LogP contribution in [0.1, 0.15) is 109 Å². The van der Waals surface area contributed by atoms with Crippen LogP contribution in [0.5, 0.6) is 0 Å². The highest BCUT2D eigenvalue weighted by molar-refractivity contribution is 8.22. The van der Waals surface area contributed by atoms with Gasteiger partial charge in [-0.3, -0.25) is 14.4 Å². The Bertz CT molecular complexity index is 1290. The largest absolute Gasteiger partial charge is 0.481 e. The van der Waals surface area contributed by atoms with Crippen LogP contribution in [-0.4, -0.2) is 72.2 Å². The second kappa shape index (κ2) is 9.87. The predicted molar refractivity (Wildman–Crippen MR) is 175 cm³/mol. The van der Waals surface area contributed by atoms with Crippen molar-refractivity contribution in [1.82, 2.24) is 0 Å². The van der Waals surface area contributed by atoms with E-state index in [1.165, 1.54) is 0 Å². The number of carboxylic acids is 1. The van der Waals surface area contributed by atoms with Crippen LogP contribution in [0, 0.1) is 57.7 Å². The van der Waals surface area contributed by atoms with Gasteiger partial charge in [-0.2, -0.15) is 0 Å². The molecule has 0 radical (unpaired) electrons. The zero-order valence-electron chi connectivity index (χ0n) is 27.3. The van der Waals surface area contributed by atoms with Crippen LogP contribution >= 0.6 is 23.5 Å². The van der Waals surface area contributed by atoms with E-state index < -0.39 is 33.4 Å². The van der Waals surface area contributed by atoms with Crippen molar-refractivity contribution in [1.29, 1.82) is 0 Å². The molecule has 13 fully saturated rings. The summed E-state index contributed by atoms with van der Waals surface area (Å²) in [5.74, 6) is 1.71. The number of carbonyl (C=O) groups excluding carboxylic acids is 2. The molecule has 1 spiro atoms. The number of rotatable bonds is 7. The highest BCUT2D eigenvalue weighted by atomic mass is 32.2. The van der Waals surface area contributed by atoms with Gasteiger partial charge in [-0.1, -0.05) is 0 Å². The van der Waals surface area contributed by atoms with Gasteiger partial charge in [0.25, 0.3) is 0 Å². The molecule has 3 N–H and O–H groups in total. The number of hydrogen-bond acceptors (Lipinski definition) is 9. The first-order valence-corrected chi connectivity index (χ1v) is 20.4. The number of carboxylic acid groups (broad SMARTS) is 1. The van der Waals surface area contributed by atoms with E-state index in [1.54, 1.807) is 0 Å². The van der Waals surface area contributed by atoms with Crippen LogP contribution in [-0.2, 0) is 23.9 Å². The summed E-state index contributed by atoms with van der Waals surface area (Å²) in [6.07, 6.45) is 14.1. The first-order valence-electron chi connectivity index (χ1n) is 18.7. The van der Waals surface area contributed by atoms with Gasteiger partial charge in [0.2, 0.25) is 0 Å². The number of carbonyl (C=O) groups is 3. The smallest absolute Gasteiger partial charge is 0.312 e. The monoisotopic (exact) mass is 686 g/mol. The SMILES string of the molecule is O=C(O)C12CC3CC(C1)C1(SC(COC(=O)C45CC6CC(CC(O)(C6)C4)C5)C(COC(=O)C45CC6CC(CC(O)(C6)C4)C5)S1)C(C3)C2. The standard InChI is InChI=1S/C37H50O8S2/c38-29(39)32-5-20-3-25(14-32)37(26(4-20)15-32)46-27(16-44-30(40)33-6-21-1-22(7-33)11-35(42,10-21)18-33)28(47-37)17-45-31(41)34-8-23-2-24(9-34)13-36(43,12-23)19-34/h20-28,42-43H,1-19H2,(H,38,39). The quantitative estimate of drug-likeness (QED) is 0.293. The second-order valence-electron chi connectivity index (χ2n) is 19.1. The molecule has 47 heavy (non-hydrogen) atoms. The molecule has 10 heteroatoms. The number of thioether (sulfide) groups is 2. The first kappa shape index (κ1) is 30.8. The van der Waals surface area contributed by atoms with Gasteiger partial charge in [0, 0.05) is 0 Å². The van der Waals surface area contributed by atoms with Gasteiger partial charge in [0.1, 0.15) is 13.2 Å². The molecule has 1 saturated heterocycles. The maximum Gasteiger partial charge on any atom is 0.312 e. The molecule has 1 heterocycles. The second-order valence-corrected chi connectivity index (χ2v) is 22.4. The average Bonchev–Trinajstić information content (AvgIpc) is 3.33. The number of esters is 2. The van der Waals surface area contributed by atoms with Crippen molar-refractivity contribution in [3.8, 4) is 0 Å². The van der Waals surface area contributed by atoms with Crippen molar-refractivity contribution in [2.24, 2.45) is 57.7 Å². The Hall–Kier alpha value is -0.970. The fourth-order valence-electron chi connectivity index (χ4n) is 15.0. The molecular weight excluding hydrogens is 637 g/mol. The van der Waals surface area contributed by atoms with Crippen LogP contribution < -0.4 is 0 Å². The van der Waals surface area contributed by atoms with Gasteiger partial charge in [-0.15, -0.1) is 23.5 Å². The average molecular weight is 687 g/mol. The molecule has 8 unspecified atom stereocenters. The van der Waals surface area contributed by atoms with Crippen molar-refractivity contribution >= 4 is 41.4 Å². The minimum absolute atomic E-state index is 0.0485. The molecule has 1 aliphatic heterocycles. The number of hydrogen-bond donors (Lipinski definition) is 3. The summed E-state index contributed by atoms with van der Waals surface area (Å²) in [5.41, 5.74) is -3.22. The van der Waals surface area contributed by atoms with Crippen molar-refractivity contribution in [3.05, 3.63) is 0 Å². The normalized spacial score (nSPS) is 57.2. The van der Waals surface area contributed by atoms with Gasteiger partial charge in [0.15, 0.2) is 0 Å². The number of aliphatic hydroxyl groups is 2. The lowest BCUT2D eigenvalue weighted by molar-refractivity contribution is -0.197. The molecule has 0 amide bonds. The summed E-state index contributed by atoms with van der Waals surface area (Å²) in [6, 6.07) is 0. The summed E-state index contributed by atoms with van der Waals surface area (Å²) >= 11 is 3.82. The Labute approximate surface area is 285 Å². The lowest BCUT2D eigenvalue weighted by Crippen LogP contribution is -2.59. The number of ether oxygens (including phenoxy) is 2. The molecule has 13 aliphatic rings. The third kappa shape index (κ3) is 4.51. The fourth-order valence-corrected chi connectivity index (χ4v) is 19.5. The molecule has 8 nitrogen and oxygen atoms in total. The molecule has 0 aromatic heterocycles. The third-order valence-electron chi connectivity index (χ3n) is 15.6. The van der Waals surface area contributed by atoms with E-state index in [-0.39, 0.29) is 51.6 Å². The third-order valence-corrected chi connectivity index (χ3v) is 19.9. The zero-order chi connectivity index (χ0) is 32.2. The van der Waals surface area contributed by atoms with Crippen molar-refractivity contribution in [3.63, 3.8) is 0 Å². The van der Waals surface area contributed by atoms with Crippen molar-refractivity contribution in [2.45, 2.75) is 135 Å². The summed E-state index contributed by atoms with van der Waals surface area (Å²) in [5, 5.41) is 32.8. The molecule has 12 bridgehead atoms. The van der Waals surface area contributed by atoms with Crippen molar-refractivity contribution in [2.75, 3.05) is 13.2 Å². The minimum Gasteiger partial charge on any atom is -0.481 e. The van der Waals surface area contributed by atoms with E-state index in [0.29, 0.717) is 55.3 Å². The molecule has 0 aromatic rings. The maximum absolute atomic E-state index is 14.0. The predicted octanol–water partition coefficient (Wildman–Crippen LogP) is 5.56. The molecule has 8 atom stereocenters. The van der Waals surface area contributed by atoms with E-state index in [9.17, 15) is 29.7 Å². The van der Waals surface area contributed by atoms with Gasteiger partial charge in [-0.25, -0.2) is 0 Å². The lowest BCUT2D eigenvalue weighted by atomic mass is 9.48. The van der Waals surface area contributed by atoms with Gasteiger partial charge >= 0.3 is 17.9 Å². The van der Waals surface area contributed by atoms with Gasteiger partial charge in [0.05, 0.1) is 42.0 Å². The molecule has 0 aromatic carbocycles.